The number of aryl methyl sites for hydroxylation is 1. The predicted octanol–water partition coefficient (Wildman–Crippen LogP) is 1.78. The summed E-state index contributed by atoms with van der Waals surface area (Å²) in [6.07, 6.45) is 4.50. The molecule has 0 bridgehead atoms. The van der Waals surface area contributed by atoms with Crippen molar-refractivity contribution in [3.8, 4) is 0 Å². The van der Waals surface area contributed by atoms with Gasteiger partial charge >= 0.3 is 0 Å². The lowest BCUT2D eigenvalue weighted by molar-refractivity contribution is 0.0946. The maximum absolute atomic E-state index is 11.6. The molecule has 2 rings (SSSR count). The summed E-state index contributed by atoms with van der Waals surface area (Å²) in [5.41, 5.74) is 0.343. The van der Waals surface area contributed by atoms with E-state index in [1.807, 2.05) is 19.1 Å². The summed E-state index contributed by atoms with van der Waals surface area (Å²) in [7, 11) is 0. The Morgan fingerprint density at radius 2 is 2.31 bits per heavy atom. The number of rotatable bonds is 3. The second-order valence-corrected chi connectivity index (χ2v) is 4.66. The fraction of sp³-hybridized carbons (Fsp3) is 0.182. The van der Waals surface area contributed by atoms with Crippen LogP contribution in [-0.2, 0) is 6.54 Å². The Balaban J connectivity index is 1.94. The molecule has 82 valence electrons. The second-order valence-electron chi connectivity index (χ2n) is 3.29. The highest BCUT2D eigenvalue weighted by atomic mass is 32.1. The molecule has 0 saturated carbocycles. The molecule has 0 aliphatic carbocycles. The number of nitrogens with one attached hydrogen (secondary N) is 1. The van der Waals surface area contributed by atoms with Gasteiger partial charge in [-0.05, 0) is 19.1 Å². The van der Waals surface area contributed by atoms with Crippen molar-refractivity contribution >= 4 is 17.2 Å². The van der Waals surface area contributed by atoms with E-state index in [2.05, 4.69) is 15.3 Å². The first-order valence-electron chi connectivity index (χ1n) is 4.85. The van der Waals surface area contributed by atoms with Gasteiger partial charge in [0.25, 0.3) is 5.91 Å². The molecular formula is C11H11N3OS. The van der Waals surface area contributed by atoms with E-state index in [4.69, 9.17) is 0 Å². The zero-order valence-corrected chi connectivity index (χ0v) is 9.62. The Kier molecular flexibility index (Phi) is 3.26. The Hall–Kier alpha value is -1.75. The quantitative estimate of drug-likeness (QED) is 0.879. The van der Waals surface area contributed by atoms with Crippen LogP contribution in [0.2, 0.25) is 0 Å². The third-order valence-corrected chi connectivity index (χ3v) is 3.02. The van der Waals surface area contributed by atoms with Crippen LogP contribution in [0.5, 0.6) is 0 Å². The molecule has 4 nitrogen and oxygen atoms in total. The second kappa shape index (κ2) is 4.85. The topological polar surface area (TPSA) is 54.9 Å². The van der Waals surface area contributed by atoms with Crippen LogP contribution in [-0.4, -0.2) is 15.9 Å². The molecule has 0 atom stereocenters. The van der Waals surface area contributed by atoms with Crippen LogP contribution in [0, 0.1) is 6.92 Å². The summed E-state index contributed by atoms with van der Waals surface area (Å²) in [6, 6.07) is 4.05. The van der Waals surface area contributed by atoms with E-state index in [0.717, 1.165) is 4.88 Å². The van der Waals surface area contributed by atoms with Gasteiger partial charge in [-0.2, -0.15) is 0 Å². The molecule has 0 aliphatic rings. The van der Waals surface area contributed by atoms with Gasteiger partial charge in [0, 0.05) is 22.1 Å². The van der Waals surface area contributed by atoms with Gasteiger partial charge in [-0.25, -0.2) is 4.98 Å². The van der Waals surface area contributed by atoms with Gasteiger partial charge < -0.3 is 5.32 Å². The third-order valence-electron chi connectivity index (χ3n) is 2.02. The minimum Gasteiger partial charge on any atom is -0.346 e. The average molecular weight is 233 g/mol. The number of carbonyl (C=O) groups is 1. The van der Waals surface area contributed by atoms with Gasteiger partial charge in [0.05, 0.1) is 12.7 Å². The van der Waals surface area contributed by atoms with Gasteiger partial charge in [-0.1, -0.05) is 0 Å². The van der Waals surface area contributed by atoms with Crippen LogP contribution in [0.1, 0.15) is 20.2 Å². The van der Waals surface area contributed by atoms with Gasteiger partial charge in [-0.15, -0.1) is 11.3 Å². The van der Waals surface area contributed by atoms with E-state index in [0.29, 0.717) is 12.2 Å². The van der Waals surface area contributed by atoms with E-state index < -0.39 is 0 Å². The van der Waals surface area contributed by atoms with Gasteiger partial charge in [0.1, 0.15) is 5.69 Å². The SMILES string of the molecule is Cc1ccc(CNC(=O)c2cnccn2)s1. The zero-order chi connectivity index (χ0) is 11.4. The number of aromatic nitrogens is 2. The van der Waals surface area contributed by atoms with Crippen molar-refractivity contribution in [2.24, 2.45) is 0 Å². The monoisotopic (exact) mass is 233 g/mol. The first-order chi connectivity index (χ1) is 7.75. The van der Waals surface area contributed by atoms with E-state index in [1.165, 1.54) is 17.3 Å². The highest BCUT2D eigenvalue weighted by molar-refractivity contribution is 7.11. The number of hydrogen-bond donors (Lipinski definition) is 1. The fourth-order valence-corrected chi connectivity index (χ4v) is 2.08. The zero-order valence-electron chi connectivity index (χ0n) is 8.80. The lowest BCUT2D eigenvalue weighted by atomic mass is 10.4. The van der Waals surface area contributed by atoms with Crippen LogP contribution in [0.25, 0.3) is 0 Å². The van der Waals surface area contributed by atoms with Crippen molar-refractivity contribution < 1.29 is 4.79 Å². The summed E-state index contributed by atoms with van der Waals surface area (Å²) in [5.74, 6) is -0.195. The van der Waals surface area contributed by atoms with Crippen LogP contribution < -0.4 is 5.32 Å². The number of nitrogens with zero attached hydrogens (tertiary/aromatic N) is 2. The number of thiophene rings is 1. The Labute approximate surface area is 97.4 Å². The molecule has 0 aliphatic heterocycles. The van der Waals surface area contributed by atoms with Crippen LogP contribution in [0.15, 0.2) is 30.7 Å². The molecule has 0 fully saturated rings. The van der Waals surface area contributed by atoms with Crippen molar-refractivity contribution in [1.82, 2.24) is 15.3 Å². The molecular weight excluding hydrogens is 222 g/mol. The van der Waals surface area contributed by atoms with Gasteiger partial charge in [-0.3, -0.25) is 9.78 Å². The Bertz CT molecular complexity index is 481. The van der Waals surface area contributed by atoms with E-state index in [1.54, 1.807) is 17.5 Å². The maximum Gasteiger partial charge on any atom is 0.271 e. The summed E-state index contributed by atoms with van der Waals surface area (Å²) in [5, 5.41) is 2.80. The average Bonchev–Trinajstić information content (AvgIpc) is 2.73. The van der Waals surface area contributed by atoms with E-state index in [9.17, 15) is 4.79 Å². The van der Waals surface area contributed by atoms with Gasteiger partial charge in [0.2, 0.25) is 0 Å². The first-order valence-corrected chi connectivity index (χ1v) is 5.67. The highest BCUT2D eigenvalue weighted by Gasteiger charge is 2.06. The Morgan fingerprint density at radius 3 is 2.94 bits per heavy atom. The molecule has 2 heterocycles. The van der Waals surface area contributed by atoms with Crippen molar-refractivity contribution in [3.63, 3.8) is 0 Å². The standard InChI is InChI=1S/C11H11N3OS/c1-8-2-3-9(16-8)6-14-11(15)10-7-12-4-5-13-10/h2-5,7H,6H2,1H3,(H,14,15). The lowest BCUT2D eigenvalue weighted by Crippen LogP contribution is -2.23. The summed E-state index contributed by atoms with van der Waals surface area (Å²) in [4.78, 5) is 21.8. The molecule has 16 heavy (non-hydrogen) atoms. The minimum absolute atomic E-state index is 0.195. The van der Waals surface area contributed by atoms with Crippen molar-refractivity contribution in [2.75, 3.05) is 0 Å². The molecule has 5 heteroatoms. The fourth-order valence-electron chi connectivity index (χ4n) is 1.25. The highest BCUT2D eigenvalue weighted by Crippen LogP contribution is 2.14. The van der Waals surface area contributed by atoms with Crippen molar-refractivity contribution in [3.05, 3.63) is 46.2 Å². The van der Waals surface area contributed by atoms with Crippen molar-refractivity contribution in [1.29, 1.82) is 0 Å². The number of amides is 1. The lowest BCUT2D eigenvalue weighted by Gasteiger charge is -2.01. The smallest absolute Gasteiger partial charge is 0.271 e. The molecule has 1 amide bonds. The maximum atomic E-state index is 11.6. The van der Waals surface area contributed by atoms with Crippen LogP contribution >= 0.6 is 11.3 Å². The molecule has 0 aromatic carbocycles. The molecule has 2 aromatic heterocycles. The Morgan fingerprint density at radius 1 is 1.44 bits per heavy atom. The number of carbonyl (C=O) groups excluding carboxylic acids is 1. The van der Waals surface area contributed by atoms with Crippen molar-refractivity contribution in [2.45, 2.75) is 13.5 Å². The van der Waals surface area contributed by atoms with E-state index in [-0.39, 0.29) is 5.91 Å². The van der Waals surface area contributed by atoms with Gasteiger partial charge in [0.15, 0.2) is 0 Å². The first kappa shape index (κ1) is 10.8. The largest absolute Gasteiger partial charge is 0.346 e. The molecule has 0 unspecified atom stereocenters. The van der Waals surface area contributed by atoms with E-state index >= 15 is 0 Å². The molecule has 0 spiro atoms. The minimum atomic E-state index is -0.195. The molecule has 0 radical (unpaired) electrons. The predicted molar refractivity (Wildman–Crippen MR) is 62.3 cm³/mol. The summed E-state index contributed by atoms with van der Waals surface area (Å²) >= 11 is 1.67. The van der Waals surface area contributed by atoms with Crippen LogP contribution in [0.3, 0.4) is 0 Å². The van der Waals surface area contributed by atoms with Crippen LogP contribution in [0.4, 0.5) is 0 Å². The number of hydrogen-bond acceptors (Lipinski definition) is 4. The normalized spacial score (nSPS) is 10.1. The molecule has 0 saturated heterocycles. The third kappa shape index (κ3) is 2.64. The molecule has 1 N–H and O–H groups in total. The summed E-state index contributed by atoms with van der Waals surface area (Å²) in [6.45, 7) is 2.58. The summed E-state index contributed by atoms with van der Waals surface area (Å²) < 4.78 is 0. The molecule has 2 aromatic rings.